The highest BCUT2D eigenvalue weighted by Gasteiger charge is 2.50. The number of piperidine rings is 1. The molecule has 1 atom stereocenters. The minimum Gasteiger partial charge on any atom is -0.340 e. The Morgan fingerprint density at radius 3 is 2.16 bits per heavy atom. The first kappa shape index (κ1) is 19.1. The molecule has 1 amide bonds. The van der Waals surface area contributed by atoms with Crippen molar-refractivity contribution >= 4 is 15.9 Å². The van der Waals surface area contributed by atoms with Crippen molar-refractivity contribution in [3.63, 3.8) is 0 Å². The van der Waals surface area contributed by atoms with Crippen LogP contribution in [-0.4, -0.2) is 79.5 Å². The van der Waals surface area contributed by atoms with Crippen molar-refractivity contribution in [1.29, 1.82) is 0 Å². The van der Waals surface area contributed by atoms with E-state index >= 15 is 0 Å². The molecule has 2 saturated heterocycles. The molecule has 1 saturated carbocycles. The van der Waals surface area contributed by atoms with Crippen molar-refractivity contribution in [3.05, 3.63) is 0 Å². The van der Waals surface area contributed by atoms with Gasteiger partial charge in [0.1, 0.15) is 0 Å². The van der Waals surface area contributed by atoms with Gasteiger partial charge in [-0.05, 0) is 51.9 Å². The molecule has 0 unspecified atom stereocenters. The second-order valence-corrected chi connectivity index (χ2v) is 10.7. The Hall–Kier alpha value is -0.660. The topological polar surface area (TPSA) is 60.9 Å². The number of sulfonamides is 1. The van der Waals surface area contributed by atoms with Gasteiger partial charge in [0.15, 0.2) is 0 Å². The summed E-state index contributed by atoms with van der Waals surface area (Å²) in [6.45, 7) is 10.5. The maximum Gasteiger partial charge on any atom is 0.225 e. The molecule has 0 N–H and O–H groups in total. The SMILES string of the molecule is CC(C)N1CCN(C(=O)C2CC3(CCN(S(C)(=O)=O)CC3)C2)C[C@H]1C. The van der Waals surface area contributed by atoms with E-state index < -0.39 is 10.0 Å². The minimum absolute atomic E-state index is 0.155. The zero-order chi connectivity index (χ0) is 18.4. The summed E-state index contributed by atoms with van der Waals surface area (Å²) in [5, 5.41) is 0. The van der Waals surface area contributed by atoms with Gasteiger partial charge in [-0.15, -0.1) is 0 Å². The second-order valence-electron chi connectivity index (χ2n) is 8.73. The normalized spacial score (nSPS) is 29.2. The zero-order valence-corrected chi connectivity index (χ0v) is 16.9. The quantitative estimate of drug-likeness (QED) is 0.752. The monoisotopic (exact) mass is 371 g/mol. The van der Waals surface area contributed by atoms with Gasteiger partial charge in [-0.25, -0.2) is 12.7 Å². The summed E-state index contributed by atoms with van der Waals surface area (Å²) in [5.41, 5.74) is 0.215. The Balaban J connectivity index is 1.49. The van der Waals surface area contributed by atoms with Crippen LogP contribution in [0.5, 0.6) is 0 Å². The number of amides is 1. The average molecular weight is 372 g/mol. The van der Waals surface area contributed by atoms with Gasteiger partial charge in [-0.3, -0.25) is 9.69 Å². The first-order chi connectivity index (χ1) is 11.6. The molecule has 0 radical (unpaired) electrons. The summed E-state index contributed by atoms with van der Waals surface area (Å²) in [4.78, 5) is 17.4. The van der Waals surface area contributed by atoms with E-state index in [2.05, 4.69) is 30.6 Å². The van der Waals surface area contributed by atoms with Gasteiger partial charge in [0.25, 0.3) is 0 Å². The van der Waals surface area contributed by atoms with Crippen molar-refractivity contribution in [3.8, 4) is 0 Å². The highest BCUT2D eigenvalue weighted by molar-refractivity contribution is 7.88. The van der Waals surface area contributed by atoms with E-state index in [1.807, 2.05) is 0 Å². The molecule has 7 heteroatoms. The smallest absolute Gasteiger partial charge is 0.225 e. The van der Waals surface area contributed by atoms with Crippen LogP contribution in [-0.2, 0) is 14.8 Å². The summed E-state index contributed by atoms with van der Waals surface area (Å²) in [6.07, 6.45) is 4.99. The van der Waals surface area contributed by atoms with E-state index in [4.69, 9.17) is 0 Å². The summed E-state index contributed by atoms with van der Waals surface area (Å²) in [5.74, 6) is 0.481. The maximum atomic E-state index is 12.9. The van der Waals surface area contributed by atoms with E-state index in [9.17, 15) is 13.2 Å². The van der Waals surface area contributed by atoms with Crippen LogP contribution in [0.15, 0.2) is 0 Å². The lowest BCUT2D eigenvalue weighted by atomic mass is 9.57. The van der Waals surface area contributed by atoms with Crippen molar-refractivity contribution < 1.29 is 13.2 Å². The van der Waals surface area contributed by atoms with Crippen LogP contribution in [0, 0.1) is 11.3 Å². The van der Waals surface area contributed by atoms with E-state index in [1.54, 1.807) is 4.31 Å². The third-order valence-corrected chi connectivity index (χ3v) is 7.92. The predicted octanol–water partition coefficient (Wildman–Crippen LogP) is 1.38. The van der Waals surface area contributed by atoms with Crippen LogP contribution < -0.4 is 0 Å². The first-order valence-corrected chi connectivity index (χ1v) is 11.5. The van der Waals surface area contributed by atoms with E-state index in [0.717, 1.165) is 45.3 Å². The molecule has 144 valence electrons. The first-order valence-electron chi connectivity index (χ1n) is 9.61. The number of hydrogen-bond acceptors (Lipinski definition) is 4. The van der Waals surface area contributed by atoms with Gasteiger partial charge in [0, 0.05) is 50.7 Å². The lowest BCUT2D eigenvalue weighted by molar-refractivity contribution is -0.148. The van der Waals surface area contributed by atoms with E-state index in [1.165, 1.54) is 6.26 Å². The van der Waals surface area contributed by atoms with E-state index in [-0.39, 0.29) is 11.3 Å². The van der Waals surface area contributed by atoms with Gasteiger partial charge < -0.3 is 4.90 Å². The largest absolute Gasteiger partial charge is 0.340 e. The van der Waals surface area contributed by atoms with Gasteiger partial charge >= 0.3 is 0 Å². The predicted molar refractivity (Wildman–Crippen MR) is 98.7 cm³/mol. The lowest BCUT2D eigenvalue weighted by Gasteiger charge is -2.53. The van der Waals surface area contributed by atoms with Crippen LogP contribution in [0.4, 0.5) is 0 Å². The van der Waals surface area contributed by atoms with Gasteiger partial charge in [0.05, 0.1) is 6.26 Å². The van der Waals surface area contributed by atoms with E-state index in [0.29, 0.717) is 31.1 Å². The third-order valence-electron chi connectivity index (χ3n) is 6.61. The molecule has 3 rings (SSSR count). The Kier molecular flexibility index (Phi) is 5.21. The Morgan fingerprint density at radius 1 is 1.08 bits per heavy atom. The van der Waals surface area contributed by atoms with Crippen molar-refractivity contribution in [2.75, 3.05) is 39.0 Å². The molecule has 0 aromatic rings. The second kappa shape index (κ2) is 6.82. The molecule has 0 aromatic heterocycles. The fourth-order valence-corrected chi connectivity index (χ4v) is 5.90. The number of carbonyl (C=O) groups excluding carboxylic acids is 1. The number of nitrogens with zero attached hydrogens (tertiary/aromatic N) is 3. The van der Waals surface area contributed by atoms with Crippen LogP contribution in [0.1, 0.15) is 46.5 Å². The fourth-order valence-electron chi connectivity index (χ4n) is 5.06. The minimum atomic E-state index is -3.07. The Morgan fingerprint density at radius 2 is 1.68 bits per heavy atom. The van der Waals surface area contributed by atoms with Crippen molar-refractivity contribution in [2.24, 2.45) is 11.3 Å². The lowest BCUT2D eigenvalue weighted by Crippen LogP contribution is -2.58. The summed E-state index contributed by atoms with van der Waals surface area (Å²) in [6, 6.07) is 0.948. The highest BCUT2D eigenvalue weighted by Crippen LogP contribution is 2.53. The molecule has 25 heavy (non-hydrogen) atoms. The zero-order valence-electron chi connectivity index (χ0n) is 16.1. The molecular weight excluding hydrogens is 338 g/mol. The van der Waals surface area contributed by atoms with Crippen molar-refractivity contribution in [1.82, 2.24) is 14.1 Å². The molecule has 0 bridgehead atoms. The molecule has 2 heterocycles. The average Bonchev–Trinajstić information content (AvgIpc) is 2.50. The summed E-state index contributed by atoms with van der Waals surface area (Å²) < 4.78 is 24.9. The highest BCUT2D eigenvalue weighted by atomic mass is 32.2. The molecule has 0 aromatic carbocycles. The van der Waals surface area contributed by atoms with Crippen LogP contribution in [0.25, 0.3) is 0 Å². The Labute approximate surface area is 152 Å². The number of piperazine rings is 1. The van der Waals surface area contributed by atoms with Crippen molar-refractivity contribution in [2.45, 2.75) is 58.5 Å². The molecular formula is C18H33N3O3S. The van der Waals surface area contributed by atoms with Crippen LogP contribution >= 0.6 is 0 Å². The molecule has 1 aliphatic carbocycles. The maximum absolute atomic E-state index is 12.9. The third kappa shape index (κ3) is 3.88. The number of rotatable bonds is 3. The standard InChI is InChI=1S/C18H33N3O3S/c1-14(2)21-10-9-19(13-15(21)3)17(22)16-11-18(12-16)5-7-20(8-6-18)25(4,23)24/h14-16H,5-13H2,1-4H3/t15-/m1/s1. The number of hydrogen-bond donors (Lipinski definition) is 0. The molecule has 3 aliphatic rings. The van der Waals surface area contributed by atoms with Gasteiger partial charge in [-0.1, -0.05) is 0 Å². The Bertz CT molecular complexity index is 603. The van der Waals surface area contributed by atoms with Gasteiger partial charge in [0.2, 0.25) is 15.9 Å². The molecule has 2 aliphatic heterocycles. The number of carbonyl (C=O) groups is 1. The summed E-state index contributed by atoms with van der Waals surface area (Å²) in [7, 11) is -3.07. The summed E-state index contributed by atoms with van der Waals surface area (Å²) >= 11 is 0. The van der Waals surface area contributed by atoms with Crippen LogP contribution in [0.2, 0.25) is 0 Å². The molecule has 1 spiro atoms. The van der Waals surface area contributed by atoms with Gasteiger partial charge in [-0.2, -0.15) is 0 Å². The fraction of sp³-hybridized carbons (Fsp3) is 0.944. The molecule has 3 fully saturated rings. The molecule has 6 nitrogen and oxygen atoms in total. The van der Waals surface area contributed by atoms with Crippen LogP contribution in [0.3, 0.4) is 0 Å².